The summed E-state index contributed by atoms with van der Waals surface area (Å²) in [5.74, 6) is -0.529. The van der Waals surface area contributed by atoms with Crippen LogP contribution >= 0.6 is 0 Å². The van der Waals surface area contributed by atoms with E-state index in [1.165, 1.54) is 18.2 Å². The topological polar surface area (TPSA) is 55.1 Å². The van der Waals surface area contributed by atoms with Gasteiger partial charge >= 0.3 is 0 Å². The molecule has 5 heteroatoms. The number of alkyl halides is 2. The van der Waals surface area contributed by atoms with Gasteiger partial charge < -0.3 is 5.73 Å². The second-order valence-corrected chi connectivity index (χ2v) is 4.95. The number of carbonyl (C=O) groups is 1. The zero-order chi connectivity index (χ0) is 13.8. The van der Waals surface area contributed by atoms with Crippen molar-refractivity contribution in [1.29, 1.82) is 0 Å². The number of hydrogen-bond acceptors (Lipinski definition) is 2. The number of primary amides is 1. The van der Waals surface area contributed by atoms with E-state index < -0.39 is 18.4 Å². The molecule has 0 heterocycles. The lowest BCUT2D eigenvalue weighted by Crippen LogP contribution is -2.38. The third kappa shape index (κ3) is 3.50. The van der Waals surface area contributed by atoms with E-state index in [9.17, 15) is 13.6 Å². The predicted octanol–water partition coefficient (Wildman–Crippen LogP) is 2.68. The lowest BCUT2D eigenvalue weighted by atomic mass is 10.0. The molecule has 1 aromatic carbocycles. The van der Waals surface area contributed by atoms with Crippen molar-refractivity contribution in [1.82, 2.24) is 5.32 Å². The number of nitrogens with one attached hydrogen (secondary N) is 1. The fourth-order valence-electron chi connectivity index (χ4n) is 2.55. The maximum atomic E-state index is 12.7. The van der Waals surface area contributed by atoms with Crippen molar-refractivity contribution in [2.24, 2.45) is 5.73 Å². The van der Waals surface area contributed by atoms with Crippen LogP contribution in [0.3, 0.4) is 0 Å². The number of halogens is 2. The average molecular weight is 268 g/mol. The Kier molecular flexibility index (Phi) is 4.47. The minimum absolute atomic E-state index is 0.0861. The number of benzene rings is 1. The molecular formula is C14H18F2N2O. The van der Waals surface area contributed by atoms with Gasteiger partial charge in [0.25, 0.3) is 6.43 Å². The fourth-order valence-corrected chi connectivity index (χ4v) is 2.55. The van der Waals surface area contributed by atoms with Crippen LogP contribution in [0.2, 0.25) is 0 Å². The van der Waals surface area contributed by atoms with Gasteiger partial charge in [-0.15, -0.1) is 0 Å². The van der Waals surface area contributed by atoms with Gasteiger partial charge in [-0.25, -0.2) is 8.78 Å². The Morgan fingerprint density at radius 1 is 1.26 bits per heavy atom. The lowest BCUT2D eigenvalue weighted by molar-refractivity contribution is -0.120. The van der Waals surface area contributed by atoms with Crippen molar-refractivity contribution >= 4 is 5.91 Å². The van der Waals surface area contributed by atoms with Crippen LogP contribution in [0.1, 0.15) is 49.3 Å². The number of nitrogens with two attached hydrogens (primary N) is 1. The Bertz CT molecular complexity index is 445. The van der Waals surface area contributed by atoms with Crippen LogP contribution in [-0.4, -0.2) is 11.9 Å². The minimum atomic E-state index is -2.54. The number of rotatable bonds is 5. The molecule has 1 fully saturated rings. The molecule has 1 aromatic rings. The van der Waals surface area contributed by atoms with E-state index in [0.29, 0.717) is 5.56 Å². The third-order valence-electron chi connectivity index (χ3n) is 3.54. The summed E-state index contributed by atoms with van der Waals surface area (Å²) in [7, 11) is 0. The Labute approximate surface area is 111 Å². The monoisotopic (exact) mass is 268 g/mol. The van der Waals surface area contributed by atoms with Crippen molar-refractivity contribution in [3.05, 3.63) is 35.4 Å². The highest BCUT2D eigenvalue weighted by Crippen LogP contribution is 2.25. The number of carbonyl (C=O) groups excluding carboxylic acids is 1. The summed E-state index contributed by atoms with van der Waals surface area (Å²) in [5.41, 5.74) is 5.81. The van der Waals surface area contributed by atoms with E-state index in [1.54, 1.807) is 6.07 Å². The molecule has 1 aliphatic rings. The lowest BCUT2D eigenvalue weighted by Gasteiger charge is -2.21. The first-order valence-electron chi connectivity index (χ1n) is 6.51. The van der Waals surface area contributed by atoms with E-state index in [4.69, 9.17) is 5.73 Å². The average Bonchev–Trinajstić information content (AvgIpc) is 2.88. The fraction of sp³-hybridized carbons (Fsp3) is 0.500. The first-order valence-corrected chi connectivity index (χ1v) is 6.51. The third-order valence-corrected chi connectivity index (χ3v) is 3.54. The summed E-state index contributed by atoms with van der Waals surface area (Å²) >= 11 is 0. The second-order valence-electron chi connectivity index (χ2n) is 4.95. The number of hydrogen-bond donors (Lipinski definition) is 2. The maximum Gasteiger partial charge on any atom is 0.263 e. The molecule has 0 saturated heterocycles. The van der Waals surface area contributed by atoms with Crippen LogP contribution in [0.15, 0.2) is 24.3 Å². The summed E-state index contributed by atoms with van der Waals surface area (Å²) in [5, 5.41) is 3.18. The van der Waals surface area contributed by atoms with E-state index in [0.717, 1.165) is 25.7 Å². The van der Waals surface area contributed by atoms with Gasteiger partial charge in [0.15, 0.2) is 0 Å². The van der Waals surface area contributed by atoms with Crippen molar-refractivity contribution in [2.45, 2.75) is 44.2 Å². The second kappa shape index (κ2) is 6.10. The Morgan fingerprint density at radius 3 is 2.47 bits per heavy atom. The summed E-state index contributed by atoms with van der Waals surface area (Å²) in [4.78, 5) is 11.5. The van der Waals surface area contributed by atoms with Crippen molar-refractivity contribution < 1.29 is 13.6 Å². The van der Waals surface area contributed by atoms with Gasteiger partial charge in [-0.1, -0.05) is 31.0 Å². The zero-order valence-corrected chi connectivity index (χ0v) is 10.6. The van der Waals surface area contributed by atoms with Crippen molar-refractivity contribution in [3.63, 3.8) is 0 Å². The molecule has 1 saturated carbocycles. The first-order chi connectivity index (χ1) is 9.08. The Balaban J connectivity index is 2.18. The molecule has 1 amide bonds. The van der Waals surface area contributed by atoms with Crippen LogP contribution in [0.25, 0.3) is 0 Å². The standard InChI is InChI=1S/C14H18F2N2O/c15-13(16)10-5-3-4-9(8-10)12(14(17)19)18-11-6-1-2-7-11/h3-5,8,11-13,18H,1-2,6-7H2,(H2,17,19). The van der Waals surface area contributed by atoms with Crippen LogP contribution in [0.4, 0.5) is 8.78 Å². The van der Waals surface area contributed by atoms with Gasteiger partial charge in [0.05, 0.1) is 0 Å². The van der Waals surface area contributed by atoms with Gasteiger partial charge in [0.1, 0.15) is 6.04 Å². The van der Waals surface area contributed by atoms with Crippen LogP contribution in [-0.2, 0) is 4.79 Å². The highest BCUT2D eigenvalue weighted by Gasteiger charge is 2.24. The minimum Gasteiger partial charge on any atom is -0.368 e. The highest BCUT2D eigenvalue weighted by atomic mass is 19.3. The SMILES string of the molecule is NC(=O)C(NC1CCCC1)c1cccc(C(F)F)c1. The molecule has 0 spiro atoms. The molecular weight excluding hydrogens is 250 g/mol. The smallest absolute Gasteiger partial charge is 0.263 e. The van der Waals surface area contributed by atoms with E-state index in [2.05, 4.69) is 5.32 Å². The normalized spacial score (nSPS) is 17.8. The van der Waals surface area contributed by atoms with Gasteiger partial charge in [-0.2, -0.15) is 0 Å². The molecule has 3 N–H and O–H groups in total. The zero-order valence-electron chi connectivity index (χ0n) is 10.6. The molecule has 19 heavy (non-hydrogen) atoms. The van der Waals surface area contributed by atoms with Crippen molar-refractivity contribution in [3.8, 4) is 0 Å². The highest BCUT2D eigenvalue weighted by molar-refractivity contribution is 5.81. The largest absolute Gasteiger partial charge is 0.368 e. The van der Waals surface area contributed by atoms with Crippen LogP contribution < -0.4 is 11.1 Å². The summed E-state index contributed by atoms with van der Waals surface area (Å²) in [6.07, 6.45) is 1.71. The molecule has 0 radical (unpaired) electrons. The molecule has 3 nitrogen and oxygen atoms in total. The van der Waals surface area contributed by atoms with E-state index >= 15 is 0 Å². The summed E-state index contributed by atoms with van der Waals surface area (Å²) in [6.45, 7) is 0. The molecule has 2 rings (SSSR count). The predicted molar refractivity (Wildman–Crippen MR) is 68.7 cm³/mol. The molecule has 1 atom stereocenters. The summed E-state index contributed by atoms with van der Waals surface area (Å²) < 4.78 is 25.4. The first kappa shape index (κ1) is 13.9. The van der Waals surface area contributed by atoms with Crippen LogP contribution in [0, 0.1) is 0 Å². The van der Waals surface area contributed by atoms with Gasteiger partial charge in [0, 0.05) is 11.6 Å². The Morgan fingerprint density at radius 2 is 1.89 bits per heavy atom. The molecule has 1 aliphatic carbocycles. The molecule has 104 valence electrons. The van der Waals surface area contributed by atoms with Crippen molar-refractivity contribution in [2.75, 3.05) is 0 Å². The van der Waals surface area contributed by atoms with E-state index in [-0.39, 0.29) is 11.6 Å². The molecule has 0 aromatic heterocycles. The van der Waals surface area contributed by atoms with Gasteiger partial charge in [0.2, 0.25) is 5.91 Å². The van der Waals surface area contributed by atoms with Gasteiger partial charge in [-0.05, 0) is 24.5 Å². The summed E-state index contributed by atoms with van der Waals surface area (Å²) in [6, 6.07) is 5.44. The maximum absolute atomic E-state index is 12.7. The molecule has 0 aliphatic heterocycles. The van der Waals surface area contributed by atoms with Crippen LogP contribution in [0.5, 0.6) is 0 Å². The molecule has 1 unspecified atom stereocenters. The quantitative estimate of drug-likeness (QED) is 0.862. The number of amides is 1. The van der Waals surface area contributed by atoms with E-state index in [1.807, 2.05) is 0 Å². The van der Waals surface area contributed by atoms with Gasteiger partial charge in [-0.3, -0.25) is 10.1 Å². The Hall–Kier alpha value is -1.49. The molecule has 0 bridgehead atoms.